The summed E-state index contributed by atoms with van der Waals surface area (Å²) in [4.78, 5) is 0. The maximum atomic E-state index is 5.54. The van der Waals surface area contributed by atoms with Crippen molar-refractivity contribution in [2.45, 2.75) is 25.9 Å². The summed E-state index contributed by atoms with van der Waals surface area (Å²) in [5, 5.41) is 7.05. The molecule has 0 aromatic heterocycles. The van der Waals surface area contributed by atoms with Gasteiger partial charge in [-0.15, -0.1) is 0 Å². The Hall–Kier alpha value is -0.650. The number of rotatable bonds is 3. The van der Waals surface area contributed by atoms with Gasteiger partial charge in [-0.3, -0.25) is 0 Å². The third-order valence-corrected chi connectivity index (χ3v) is 3.69. The van der Waals surface area contributed by atoms with Crippen molar-refractivity contribution < 1.29 is 4.74 Å². The van der Waals surface area contributed by atoms with Crippen molar-refractivity contribution in [1.82, 2.24) is 5.32 Å². The third kappa shape index (κ3) is 3.93. The average molecular weight is 329 g/mol. The van der Waals surface area contributed by atoms with E-state index in [1.54, 1.807) is 0 Å². The van der Waals surface area contributed by atoms with Crippen LogP contribution in [0.5, 0.6) is 0 Å². The Morgan fingerprint density at radius 1 is 1.56 bits per heavy atom. The van der Waals surface area contributed by atoms with Crippen LogP contribution < -0.4 is 10.6 Å². The standard InChI is InChI=1S/C13H17BrN2OS/c1-9-7-10(14)4-5-12(9)16-13(18)15-8-11-3-2-6-17-11/h4-5,7,11H,2-3,6,8H2,1H3,(H2,15,16,18)/t11-/m0/s1. The van der Waals surface area contributed by atoms with Gasteiger partial charge in [0.25, 0.3) is 0 Å². The SMILES string of the molecule is Cc1cc(Br)ccc1NC(=S)NC[C@@H]1CCCO1. The van der Waals surface area contributed by atoms with Gasteiger partial charge in [-0.2, -0.15) is 0 Å². The number of thiocarbonyl (C=S) groups is 1. The van der Waals surface area contributed by atoms with E-state index >= 15 is 0 Å². The molecule has 5 heteroatoms. The Kier molecular flexibility index (Phi) is 4.97. The first kappa shape index (κ1) is 13.8. The Balaban J connectivity index is 1.82. The van der Waals surface area contributed by atoms with Gasteiger partial charge in [-0.05, 0) is 55.7 Å². The van der Waals surface area contributed by atoms with Gasteiger partial charge in [0.1, 0.15) is 0 Å². The predicted molar refractivity (Wildman–Crippen MR) is 82.1 cm³/mol. The largest absolute Gasteiger partial charge is 0.376 e. The highest BCUT2D eigenvalue weighted by Crippen LogP contribution is 2.19. The second-order valence-corrected chi connectivity index (χ2v) is 5.75. The second-order valence-electron chi connectivity index (χ2n) is 4.43. The number of ether oxygens (including phenoxy) is 1. The minimum absolute atomic E-state index is 0.302. The molecule has 2 N–H and O–H groups in total. The monoisotopic (exact) mass is 328 g/mol. The lowest BCUT2D eigenvalue weighted by Gasteiger charge is -2.15. The molecule has 1 heterocycles. The van der Waals surface area contributed by atoms with Crippen molar-refractivity contribution in [2.24, 2.45) is 0 Å². The van der Waals surface area contributed by atoms with E-state index in [1.807, 2.05) is 12.1 Å². The predicted octanol–water partition coefficient (Wildman–Crippen LogP) is 3.22. The van der Waals surface area contributed by atoms with E-state index in [0.29, 0.717) is 11.2 Å². The van der Waals surface area contributed by atoms with Crippen molar-refractivity contribution in [3.63, 3.8) is 0 Å². The molecule has 0 unspecified atom stereocenters. The first-order chi connectivity index (χ1) is 8.65. The van der Waals surface area contributed by atoms with E-state index in [9.17, 15) is 0 Å². The molecule has 1 aromatic carbocycles. The van der Waals surface area contributed by atoms with Gasteiger partial charge in [0, 0.05) is 23.3 Å². The van der Waals surface area contributed by atoms with Gasteiger partial charge in [0.15, 0.2) is 5.11 Å². The number of anilines is 1. The van der Waals surface area contributed by atoms with Crippen molar-refractivity contribution in [3.8, 4) is 0 Å². The summed E-state index contributed by atoms with van der Waals surface area (Å²) in [7, 11) is 0. The molecule has 0 aliphatic carbocycles. The van der Waals surface area contributed by atoms with E-state index in [0.717, 1.165) is 41.7 Å². The quantitative estimate of drug-likeness (QED) is 0.835. The Bertz CT molecular complexity index is 433. The molecule has 18 heavy (non-hydrogen) atoms. The highest BCUT2D eigenvalue weighted by atomic mass is 79.9. The minimum atomic E-state index is 0.302. The summed E-state index contributed by atoms with van der Waals surface area (Å²) in [5.41, 5.74) is 2.19. The third-order valence-electron chi connectivity index (χ3n) is 2.95. The number of hydrogen-bond acceptors (Lipinski definition) is 2. The molecule has 1 atom stereocenters. The Morgan fingerprint density at radius 3 is 3.06 bits per heavy atom. The fourth-order valence-corrected chi connectivity index (χ4v) is 2.61. The molecular weight excluding hydrogens is 312 g/mol. The fraction of sp³-hybridized carbons (Fsp3) is 0.462. The molecule has 0 amide bonds. The summed E-state index contributed by atoms with van der Waals surface area (Å²) in [6.45, 7) is 3.70. The van der Waals surface area contributed by atoms with Crippen LogP contribution in [0.15, 0.2) is 22.7 Å². The molecule has 2 rings (SSSR count). The van der Waals surface area contributed by atoms with Crippen molar-refractivity contribution >= 4 is 38.9 Å². The molecule has 3 nitrogen and oxygen atoms in total. The van der Waals surface area contributed by atoms with E-state index < -0.39 is 0 Å². The summed E-state index contributed by atoms with van der Waals surface area (Å²) in [6, 6.07) is 6.07. The van der Waals surface area contributed by atoms with Crippen LogP contribution in [0.25, 0.3) is 0 Å². The molecule has 0 saturated carbocycles. The Morgan fingerprint density at radius 2 is 2.39 bits per heavy atom. The molecule has 0 spiro atoms. The van der Waals surface area contributed by atoms with Gasteiger partial charge in [0.05, 0.1) is 6.10 Å². The maximum absolute atomic E-state index is 5.54. The number of aryl methyl sites for hydroxylation is 1. The number of benzene rings is 1. The molecule has 0 bridgehead atoms. The summed E-state index contributed by atoms with van der Waals surface area (Å²) in [6.07, 6.45) is 2.57. The summed E-state index contributed by atoms with van der Waals surface area (Å²) >= 11 is 8.72. The van der Waals surface area contributed by atoms with Gasteiger partial charge in [0.2, 0.25) is 0 Å². The van der Waals surface area contributed by atoms with Gasteiger partial charge in [-0.25, -0.2) is 0 Å². The molecule has 1 saturated heterocycles. The van der Waals surface area contributed by atoms with E-state index in [4.69, 9.17) is 17.0 Å². The highest BCUT2D eigenvalue weighted by molar-refractivity contribution is 9.10. The lowest BCUT2D eigenvalue weighted by molar-refractivity contribution is 0.114. The molecular formula is C13H17BrN2OS. The lowest BCUT2D eigenvalue weighted by Crippen LogP contribution is -2.34. The zero-order valence-electron chi connectivity index (χ0n) is 10.3. The van der Waals surface area contributed by atoms with Gasteiger partial charge in [-0.1, -0.05) is 15.9 Å². The lowest BCUT2D eigenvalue weighted by atomic mass is 10.2. The smallest absolute Gasteiger partial charge is 0.170 e. The molecule has 1 aliphatic heterocycles. The van der Waals surface area contributed by atoms with Gasteiger partial charge < -0.3 is 15.4 Å². The number of hydrogen-bond donors (Lipinski definition) is 2. The number of halogens is 1. The van der Waals surface area contributed by atoms with Gasteiger partial charge >= 0.3 is 0 Å². The van der Waals surface area contributed by atoms with Crippen LogP contribution in [0, 0.1) is 6.92 Å². The first-order valence-electron chi connectivity index (χ1n) is 6.08. The van der Waals surface area contributed by atoms with E-state index in [2.05, 4.69) is 39.6 Å². The van der Waals surface area contributed by atoms with Crippen LogP contribution in [-0.2, 0) is 4.74 Å². The van der Waals surface area contributed by atoms with Crippen molar-refractivity contribution in [3.05, 3.63) is 28.2 Å². The van der Waals surface area contributed by atoms with Crippen molar-refractivity contribution in [1.29, 1.82) is 0 Å². The highest BCUT2D eigenvalue weighted by Gasteiger charge is 2.15. The molecule has 1 fully saturated rings. The topological polar surface area (TPSA) is 33.3 Å². The first-order valence-corrected chi connectivity index (χ1v) is 7.28. The summed E-state index contributed by atoms with van der Waals surface area (Å²) in [5.74, 6) is 0. The van der Waals surface area contributed by atoms with Crippen LogP contribution in [-0.4, -0.2) is 24.4 Å². The van der Waals surface area contributed by atoms with E-state index in [1.165, 1.54) is 0 Å². The molecule has 0 radical (unpaired) electrons. The molecule has 1 aliphatic rings. The fourth-order valence-electron chi connectivity index (χ4n) is 1.95. The van der Waals surface area contributed by atoms with E-state index in [-0.39, 0.29) is 0 Å². The van der Waals surface area contributed by atoms with Crippen LogP contribution in [0.4, 0.5) is 5.69 Å². The zero-order valence-corrected chi connectivity index (χ0v) is 12.7. The average Bonchev–Trinajstić information content (AvgIpc) is 2.83. The second kappa shape index (κ2) is 6.50. The zero-order chi connectivity index (χ0) is 13.0. The van der Waals surface area contributed by atoms with Crippen molar-refractivity contribution in [2.75, 3.05) is 18.5 Å². The minimum Gasteiger partial charge on any atom is -0.376 e. The van der Waals surface area contributed by atoms with Crippen LogP contribution in [0.1, 0.15) is 18.4 Å². The van der Waals surface area contributed by atoms with Crippen LogP contribution in [0.3, 0.4) is 0 Å². The number of nitrogens with one attached hydrogen (secondary N) is 2. The summed E-state index contributed by atoms with van der Waals surface area (Å²) < 4.78 is 6.61. The molecule has 1 aromatic rings. The maximum Gasteiger partial charge on any atom is 0.170 e. The molecule has 98 valence electrons. The normalized spacial score (nSPS) is 18.7. The Labute approximate surface area is 121 Å². The van der Waals surface area contributed by atoms with Crippen LogP contribution in [0.2, 0.25) is 0 Å². The van der Waals surface area contributed by atoms with Crippen LogP contribution >= 0.6 is 28.1 Å².